The Morgan fingerprint density at radius 3 is 2.69 bits per heavy atom. The maximum absolute atomic E-state index is 10.9. The second-order valence-electron chi connectivity index (χ2n) is 2.94. The lowest BCUT2D eigenvalue weighted by molar-refractivity contribution is -0.143. The van der Waals surface area contributed by atoms with Gasteiger partial charge in [-0.05, 0) is 20.4 Å². The largest absolute Gasteiger partial charge is 0.466 e. The van der Waals surface area contributed by atoms with Crippen molar-refractivity contribution in [2.24, 2.45) is 0 Å². The van der Waals surface area contributed by atoms with Gasteiger partial charge < -0.3 is 14.7 Å². The van der Waals surface area contributed by atoms with E-state index in [0.717, 1.165) is 13.0 Å². The molecular weight excluding hydrogens is 170 g/mol. The van der Waals surface area contributed by atoms with Crippen molar-refractivity contribution < 1.29 is 14.6 Å². The van der Waals surface area contributed by atoms with Crippen molar-refractivity contribution in [3.05, 3.63) is 0 Å². The van der Waals surface area contributed by atoms with Crippen molar-refractivity contribution in [2.75, 3.05) is 33.4 Å². The summed E-state index contributed by atoms with van der Waals surface area (Å²) in [6.45, 7) is 3.95. The molecule has 0 heterocycles. The van der Waals surface area contributed by atoms with Gasteiger partial charge in [0.2, 0.25) is 0 Å². The van der Waals surface area contributed by atoms with Crippen LogP contribution in [-0.2, 0) is 9.53 Å². The molecule has 0 aliphatic rings. The number of ether oxygens (including phenoxy) is 1. The van der Waals surface area contributed by atoms with E-state index in [1.165, 1.54) is 0 Å². The summed E-state index contributed by atoms with van der Waals surface area (Å²) < 4.78 is 4.78. The van der Waals surface area contributed by atoms with Crippen LogP contribution in [0, 0.1) is 0 Å². The number of carbonyl (C=O) groups excluding carboxylic acids is 1. The summed E-state index contributed by atoms with van der Waals surface area (Å²) in [5, 5.41) is 8.56. The molecule has 78 valence electrons. The number of hydrogen-bond donors (Lipinski definition) is 1. The van der Waals surface area contributed by atoms with Crippen molar-refractivity contribution in [3.63, 3.8) is 0 Å². The standard InChI is InChI=1S/C9H19NO3/c1-3-13-9(12)5-7-10(2)6-4-8-11/h11H,3-8H2,1-2H3. The molecule has 0 unspecified atom stereocenters. The van der Waals surface area contributed by atoms with Gasteiger partial charge in [0.15, 0.2) is 0 Å². The molecule has 0 aromatic rings. The number of aliphatic hydroxyl groups is 1. The fraction of sp³-hybridized carbons (Fsp3) is 0.889. The SMILES string of the molecule is CCOC(=O)CCN(C)CCCO. The average Bonchev–Trinajstić information content (AvgIpc) is 2.12. The number of rotatable bonds is 7. The lowest BCUT2D eigenvalue weighted by Gasteiger charge is -2.14. The van der Waals surface area contributed by atoms with E-state index in [1.54, 1.807) is 6.92 Å². The summed E-state index contributed by atoms with van der Waals surface area (Å²) in [5.41, 5.74) is 0. The molecule has 0 aliphatic heterocycles. The summed E-state index contributed by atoms with van der Waals surface area (Å²) in [7, 11) is 1.93. The van der Waals surface area contributed by atoms with Crippen LogP contribution >= 0.6 is 0 Å². The molecule has 0 saturated carbocycles. The van der Waals surface area contributed by atoms with Crippen LogP contribution in [0.25, 0.3) is 0 Å². The first-order valence-electron chi connectivity index (χ1n) is 4.65. The van der Waals surface area contributed by atoms with E-state index < -0.39 is 0 Å². The summed E-state index contributed by atoms with van der Waals surface area (Å²) in [4.78, 5) is 12.9. The van der Waals surface area contributed by atoms with Gasteiger partial charge in [-0.25, -0.2) is 0 Å². The first-order valence-corrected chi connectivity index (χ1v) is 4.65. The zero-order chi connectivity index (χ0) is 10.1. The molecule has 0 spiro atoms. The molecule has 1 N–H and O–H groups in total. The van der Waals surface area contributed by atoms with Crippen LogP contribution in [0.1, 0.15) is 19.8 Å². The van der Waals surface area contributed by atoms with Gasteiger partial charge in [-0.15, -0.1) is 0 Å². The monoisotopic (exact) mass is 189 g/mol. The summed E-state index contributed by atoms with van der Waals surface area (Å²) in [5.74, 6) is -0.154. The number of nitrogens with zero attached hydrogens (tertiary/aromatic N) is 1. The predicted octanol–water partition coefficient (Wildman–Crippen LogP) is 0.254. The van der Waals surface area contributed by atoms with E-state index in [-0.39, 0.29) is 12.6 Å². The predicted molar refractivity (Wildman–Crippen MR) is 50.4 cm³/mol. The first-order chi connectivity index (χ1) is 6.20. The second kappa shape index (κ2) is 8.01. The highest BCUT2D eigenvalue weighted by Gasteiger charge is 2.03. The highest BCUT2D eigenvalue weighted by atomic mass is 16.5. The minimum Gasteiger partial charge on any atom is -0.466 e. The number of esters is 1. The molecule has 0 aliphatic carbocycles. The first kappa shape index (κ1) is 12.4. The molecule has 0 aromatic carbocycles. The van der Waals surface area contributed by atoms with Gasteiger partial charge in [-0.3, -0.25) is 4.79 Å². The van der Waals surface area contributed by atoms with E-state index in [2.05, 4.69) is 0 Å². The van der Waals surface area contributed by atoms with Gasteiger partial charge >= 0.3 is 5.97 Å². The third-order valence-corrected chi connectivity index (χ3v) is 1.70. The molecular formula is C9H19NO3. The molecule has 4 heteroatoms. The zero-order valence-electron chi connectivity index (χ0n) is 8.45. The van der Waals surface area contributed by atoms with Crippen LogP contribution in [0.15, 0.2) is 0 Å². The van der Waals surface area contributed by atoms with Gasteiger partial charge in [-0.1, -0.05) is 0 Å². The summed E-state index contributed by atoms with van der Waals surface area (Å²) in [6, 6.07) is 0. The number of aliphatic hydroxyl groups excluding tert-OH is 1. The fourth-order valence-electron chi connectivity index (χ4n) is 0.968. The Balaban J connectivity index is 3.34. The van der Waals surface area contributed by atoms with Gasteiger partial charge in [0.05, 0.1) is 13.0 Å². The molecule has 0 fully saturated rings. The topological polar surface area (TPSA) is 49.8 Å². The molecule has 0 bridgehead atoms. The fourth-order valence-corrected chi connectivity index (χ4v) is 0.968. The molecule has 0 saturated heterocycles. The maximum atomic E-state index is 10.9. The Bertz CT molecular complexity index is 139. The van der Waals surface area contributed by atoms with Crippen LogP contribution < -0.4 is 0 Å². The Morgan fingerprint density at radius 2 is 2.15 bits per heavy atom. The van der Waals surface area contributed by atoms with Crippen LogP contribution in [-0.4, -0.2) is 49.3 Å². The highest BCUT2D eigenvalue weighted by molar-refractivity contribution is 5.69. The van der Waals surface area contributed by atoms with Crippen LogP contribution in [0.5, 0.6) is 0 Å². The van der Waals surface area contributed by atoms with E-state index in [4.69, 9.17) is 9.84 Å². The van der Waals surface area contributed by atoms with Crippen molar-refractivity contribution >= 4 is 5.97 Å². The van der Waals surface area contributed by atoms with Crippen molar-refractivity contribution in [1.82, 2.24) is 4.90 Å². The molecule has 0 amide bonds. The molecule has 0 radical (unpaired) electrons. The molecule has 4 nitrogen and oxygen atoms in total. The average molecular weight is 189 g/mol. The van der Waals surface area contributed by atoms with E-state index in [0.29, 0.717) is 19.6 Å². The minimum atomic E-state index is -0.154. The van der Waals surface area contributed by atoms with E-state index in [1.807, 2.05) is 11.9 Å². The van der Waals surface area contributed by atoms with Gasteiger partial charge in [0.1, 0.15) is 0 Å². The van der Waals surface area contributed by atoms with Crippen molar-refractivity contribution in [1.29, 1.82) is 0 Å². The van der Waals surface area contributed by atoms with Crippen LogP contribution in [0.4, 0.5) is 0 Å². The normalized spacial score (nSPS) is 10.5. The Hall–Kier alpha value is -0.610. The van der Waals surface area contributed by atoms with Crippen molar-refractivity contribution in [3.8, 4) is 0 Å². The number of hydrogen-bond acceptors (Lipinski definition) is 4. The summed E-state index contributed by atoms with van der Waals surface area (Å²) in [6.07, 6.45) is 1.18. The highest BCUT2D eigenvalue weighted by Crippen LogP contribution is 1.92. The Kier molecular flexibility index (Phi) is 7.63. The maximum Gasteiger partial charge on any atom is 0.307 e. The summed E-state index contributed by atoms with van der Waals surface area (Å²) >= 11 is 0. The van der Waals surface area contributed by atoms with Crippen LogP contribution in [0.2, 0.25) is 0 Å². The third-order valence-electron chi connectivity index (χ3n) is 1.70. The van der Waals surface area contributed by atoms with Gasteiger partial charge in [0, 0.05) is 19.7 Å². The minimum absolute atomic E-state index is 0.154. The Labute approximate surface area is 79.5 Å². The zero-order valence-corrected chi connectivity index (χ0v) is 8.45. The molecule has 13 heavy (non-hydrogen) atoms. The van der Waals surface area contributed by atoms with Gasteiger partial charge in [0.25, 0.3) is 0 Å². The molecule has 0 aromatic heterocycles. The van der Waals surface area contributed by atoms with E-state index >= 15 is 0 Å². The Morgan fingerprint density at radius 1 is 1.46 bits per heavy atom. The second-order valence-corrected chi connectivity index (χ2v) is 2.94. The lowest BCUT2D eigenvalue weighted by atomic mass is 10.3. The van der Waals surface area contributed by atoms with Gasteiger partial charge in [-0.2, -0.15) is 0 Å². The van der Waals surface area contributed by atoms with Crippen LogP contribution in [0.3, 0.4) is 0 Å². The third kappa shape index (κ3) is 7.74. The quantitative estimate of drug-likeness (QED) is 0.583. The molecule has 0 rings (SSSR count). The van der Waals surface area contributed by atoms with Crippen molar-refractivity contribution in [2.45, 2.75) is 19.8 Å². The molecule has 0 atom stereocenters. The number of carbonyl (C=O) groups is 1. The van der Waals surface area contributed by atoms with E-state index in [9.17, 15) is 4.79 Å². The lowest BCUT2D eigenvalue weighted by Crippen LogP contribution is -2.24. The smallest absolute Gasteiger partial charge is 0.307 e.